The average Bonchev–Trinajstić information content (AvgIpc) is 3.10. The zero-order valence-electron chi connectivity index (χ0n) is 24.4. The van der Waals surface area contributed by atoms with Crippen molar-refractivity contribution in [2.45, 2.75) is 109 Å². The Kier molecular flexibility index (Phi) is 12.2. The first kappa shape index (κ1) is 33.0. The maximum atomic E-state index is 13.1. The normalized spacial score (nSPS) is 23.2. The van der Waals surface area contributed by atoms with Crippen LogP contribution in [0.4, 0.5) is 0 Å². The molecule has 0 radical (unpaired) electrons. The van der Waals surface area contributed by atoms with Crippen LogP contribution in [0.3, 0.4) is 0 Å². The molecule has 39 heavy (non-hydrogen) atoms. The van der Waals surface area contributed by atoms with E-state index >= 15 is 0 Å². The van der Waals surface area contributed by atoms with E-state index in [0.717, 1.165) is 0 Å². The minimum absolute atomic E-state index is 0.0585. The first-order valence-corrected chi connectivity index (χ1v) is 16.4. The fourth-order valence-corrected chi connectivity index (χ4v) is 12.0. The van der Waals surface area contributed by atoms with Crippen LogP contribution in [0.2, 0.25) is 16.6 Å². The summed E-state index contributed by atoms with van der Waals surface area (Å²) in [5.41, 5.74) is 1.22. The number of amides is 1. The first-order valence-electron chi connectivity index (χ1n) is 13.7. The molecule has 1 N–H and O–H groups in total. The number of ether oxygens (including phenoxy) is 2. The van der Waals surface area contributed by atoms with Crippen molar-refractivity contribution >= 4 is 43.5 Å². The second kappa shape index (κ2) is 14.4. The minimum Gasteiger partial charge on any atom is -0.456 e. The fourth-order valence-electron chi connectivity index (χ4n) is 6.36. The number of nitrogens with one attached hydrogen (secondary N) is 1. The third-order valence-corrected chi connectivity index (χ3v) is 14.1. The van der Waals surface area contributed by atoms with E-state index in [0.29, 0.717) is 12.0 Å². The summed E-state index contributed by atoms with van der Waals surface area (Å²) in [6, 6.07) is 8.21. The van der Waals surface area contributed by atoms with E-state index < -0.39 is 56.4 Å². The number of Topliss-reactive ketones (excluding diaryl/α,β-unsaturated/α-hetero) is 1. The van der Waals surface area contributed by atoms with E-state index in [2.05, 4.69) is 46.9 Å². The van der Waals surface area contributed by atoms with Crippen LogP contribution < -0.4 is 5.32 Å². The summed E-state index contributed by atoms with van der Waals surface area (Å²) < 4.78 is 18.7. The molecule has 10 heteroatoms. The van der Waals surface area contributed by atoms with Crippen molar-refractivity contribution in [3.8, 4) is 0 Å². The van der Waals surface area contributed by atoms with Crippen LogP contribution in [-0.4, -0.2) is 62.2 Å². The largest absolute Gasteiger partial charge is 0.456 e. The molecule has 1 amide bonds. The van der Waals surface area contributed by atoms with Gasteiger partial charge >= 0.3 is 11.9 Å². The molecule has 0 bridgehead atoms. The topological polar surface area (TPSA) is 108 Å². The van der Waals surface area contributed by atoms with Crippen molar-refractivity contribution in [3.63, 3.8) is 0 Å². The van der Waals surface area contributed by atoms with Gasteiger partial charge < -0.3 is 19.2 Å². The third-order valence-electron chi connectivity index (χ3n) is 7.79. The highest BCUT2D eigenvalue weighted by molar-refractivity contribution is 6.77. The Balaban J connectivity index is 2.64. The highest BCUT2D eigenvalue weighted by Gasteiger charge is 2.59. The molecule has 2 rings (SSSR count). The number of carbonyl (C=O) groups is 4. The van der Waals surface area contributed by atoms with Crippen molar-refractivity contribution in [2.24, 2.45) is 5.92 Å². The molecule has 0 aliphatic heterocycles. The third kappa shape index (κ3) is 7.92. The molecule has 5 atom stereocenters. The molecule has 1 aromatic carbocycles. The van der Waals surface area contributed by atoms with Crippen molar-refractivity contribution in [2.75, 3.05) is 5.88 Å². The molecule has 0 unspecified atom stereocenters. The highest BCUT2D eigenvalue weighted by Crippen LogP contribution is 2.47. The lowest BCUT2D eigenvalue weighted by Crippen LogP contribution is -2.54. The number of hydrogen-bond donors (Lipinski definition) is 1. The highest BCUT2D eigenvalue weighted by atomic mass is 35.5. The van der Waals surface area contributed by atoms with Gasteiger partial charge in [-0.15, -0.1) is 11.6 Å². The van der Waals surface area contributed by atoms with Crippen molar-refractivity contribution in [3.05, 3.63) is 35.9 Å². The van der Waals surface area contributed by atoms with E-state index in [9.17, 15) is 19.2 Å². The maximum Gasteiger partial charge on any atom is 0.303 e. The Hall–Kier alpha value is -2.23. The average molecular weight is 582 g/mol. The lowest BCUT2D eigenvalue weighted by Gasteiger charge is -2.46. The van der Waals surface area contributed by atoms with Gasteiger partial charge in [0.1, 0.15) is 5.88 Å². The van der Waals surface area contributed by atoms with Gasteiger partial charge in [0.05, 0.1) is 12.1 Å². The molecule has 0 aromatic heterocycles. The Morgan fingerprint density at radius 3 is 1.82 bits per heavy atom. The van der Waals surface area contributed by atoms with Crippen molar-refractivity contribution < 1.29 is 33.1 Å². The minimum atomic E-state index is -2.55. The summed E-state index contributed by atoms with van der Waals surface area (Å²) in [4.78, 5) is 50.2. The summed E-state index contributed by atoms with van der Waals surface area (Å²) in [6.45, 7) is 15.4. The van der Waals surface area contributed by atoms with Gasteiger partial charge in [-0.25, -0.2) is 0 Å². The van der Waals surface area contributed by atoms with Gasteiger partial charge in [-0.1, -0.05) is 71.9 Å². The molecule has 1 saturated carbocycles. The Labute approximate surface area is 238 Å². The number of alkyl halides is 1. The second-order valence-corrected chi connectivity index (χ2v) is 16.9. The van der Waals surface area contributed by atoms with Gasteiger partial charge in [0.2, 0.25) is 14.2 Å². The van der Waals surface area contributed by atoms with E-state index in [1.165, 1.54) is 13.8 Å². The molecule has 8 nitrogen and oxygen atoms in total. The summed E-state index contributed by atoms with van der Waals surface area (Å²) in [5, 5.41) is 2.89. The molecular weight excluding hydrogens is 538 g/mol. The van der Waals surface area contributed by atoms with Crippen molar-refractivity contribution in [1.29, 1.82) is 0 Å². The molecule has 1 aliphatic carbocycles. The standard InChI is InChI=1S/C29H44ClNO7Si/c1-17(2)39(18(3)4,19(5)6)38-27-23(14-15-24(34)22-12-10-9-11-13-22)26(31-25(35)16-30)28(36-20(7)32)29(27)37-21(8)33/h9-13,17-19,23,26-29H,14-16H2,1-8H3,(H,31,35)/t23-,26+,27-,28+,29+/m1/s1. The molecule has 1 fully saturated rings. The fraction of sp³-hybridized carbons (Fsp3) is 0.655. The number of hydrogen-bond acceptors (Lipinski definition) is 7. The number of halogens is 1. The first-order chi connectivity index (χ1) is 18.3. The van der Waals surface area contributed by atoms with Crippen LogP contribution in [0.25, 0.3) is 0 Å². The molecule has 0 saturated heterocycles. The van der Waals surface area contributed by atoms with Crippen LogP contribution in [0.1, 0.15) is 78.6 Å². The Morgan fingerprint density at radius 2 is 1.36 bits per heavy atom. The van der Waals surface area contributed by atoms with E-state index in [4.69, 9.17) is 25.5 Å². The molecule has 1 aliphatic rings. The summed E-state index contributed by atoms with van der Waals surface area (Å²) in [7, 11) is -2.55. The monoisotopic (exact) mass is 581 g/mol. The summed E-state index contributed by atoms with van der Waals surface area (Å²) in [6.07, 6.45) is -2.19. The summed E-state index contributed by atoms with van der Waals surface area (Å²) in [5.74, 6) is -2.44. The predicted octanol–water partition coefficient (Wildman–Crippen LogP) is 5.43. The van der Waals surface area contributed by atoms with Gasteiger partial charge in [0, 0.05) is 31.7 Å². The quantitative estimate of drug-likeness (QED) is 0.143. The van der Waals surface area contributed by atoms with Crippen LogP contribution in [-0.2, 0) is 28.3 Å². The number of esters is 2. The van der Waals surface area contributed by atoms with E-state index in [1.54, 1.807) is 24.3 Å². The van der Waals surface area contributed by atoms with E-state index in [1.807, 2.05) is 6.07 Å². The lowest BCUT2D eigenvalue weighted by atomic mass is 9.92. The zero-order chi connectivity index (χ0) is 29.5. The maximum absolute atomic E-state index is 13.1. The number of ketones is 1. The molecule has 0 spiro atoms. The van der Waals surface area contributed by atoms with Crippen molar-refractivity contribution in [1.82, 2.24) is 5.32 Å². The van der Waals surface area contributed by atoms with Gasteiger partial charge in [-0.2, -0.15) is 0 Å². The van der Waals surface area contributed by atoms with Gasteiger partial charge in [0.25, 0.3) is 0 Å². The molecule has 1 aromatic rings. The second-order valence-electron chi connectivity index (χ2n) is 11.3. The smallest absolute Gasteiger partial charge is 0.303 e. The molecular formula is C29H44ClNO7Si. The van der Waals surface area contributed by atoms with Gasteiger partial charge in [0.15, 0.2) is 18.0 Å². The molecule has 0 heterocycles. The van der Waals surface area contributed by atoms with E-state index in [-0.39, 0.29) is 34.7 Å². The number of rotatable bonds is 13. The zero-order valence-corrected chi connectivity index (χ0v) is 26.1. The Morgan fingerprint density at radius 1 is 0.846 bits per heavy atom. The Bertz CT molecular complexity index is 979. The van der Waals surface area contributed by atoms with Gasteiger partial charge in [-0.3, -0.25) is 19.2 Å². The van der Waals surface area contributed by atoms with Crippen LogP contribution in [0.5, 0.6) is 0 Å². The van der Waals surface area contributed by atoms with Crippen LogP contribution in [0.15, 0.2) is 30.3 Å². The number of benzene rings is 1. The summed E-state index contributed by atoms with van der Waals surface area (Å²) >= 11 is 5.84. The van der Waals surface area contributed by atoms with Crippen LogP contribution in [0, 0.1) is 5.92 Å². The predicted molar refractivity (Wildman–Crippen MR) is 153 cm³/mol. The lowest BCUT2D eigenvalue weighted by molar-refractivity contribution is -0.168. The SMILES string of the molecule is CC(=O)O[C@H]1[C@H](O[Si](C(C)C)(C(C)C)C(C)C)[C@H](CCC(=O)c2ccccc2)[C@H](NC(=O)CCl)[C@@H]1OC(C)=O. The van der Waals surface area contributed by atoms with Crippen LogP contribution >= 0.6 is 11.6 Å². The molecule has 218 valence electrons. The number of carbonyl (C=O) groups excluding carboxylic acids is 4. The van der Waals surface area contributed by atoms with Gasteiger partial charge in [-0.05, 0) is 23.0 Å².